The van der Waals surface area contributed by atoms with E-state index in [9.17, 15) is 4.79 Å². The maximum atomic E-state index is 12.6. The summed E-state index contributed by atoms with van der Waals surface area (Å²) < 4.78 is 2.09. The van der Waals surface area contributed by atoms with Crippen LogP contribution in [0.25, 0.3) is 27.5 Å². The molecule has 4 nitrogen and oxygen atoms in total. The van der Waals surface area contributed by atoms with Crippen molar-refractivity contribution in [2.45, 2.75) is 6.92 Å². The van der Waals surface area contributed by atoms with Gasteiger partial charge in [0.15, 0.2) is 0 Å². The average Bonchev–Trinajstić information content (AvgIpc) is 2.99. The van der Waals surface area contributed by atoms with Gasteiger partial charge < -0.3 is 0 Å². The number of rotatable bonds is 1. The van der Waals surface area contributed by atoms with E-state index in [2.05, 4.69) is 10.1 Å². The summed E-state index contributed by atoms with van der Waals surface area (Å²) >= 11 is 7.68. The van der Waals surface area contributed by atoms with Crippen LogP contribution in [0, 0.1) is 6.92 Å². The molecule has 3 heterocycles. The van der Waals surface area contributed by atoms with Crippen molar-refractivity contribution in [3.63, 3.8) is 0 Å². The molecule has 0 bridgehead atoms. The van der Waals surface area contributed by atoms with Crippen molar-refractivity contribution in [2.24, 2.45) is 0 Å². The molecule has 4 rings (SSSR count). The Labute approximate surface area is 128 Å². The van der Waals surface area contributed by atoms with Gasteiger partial charge in [-0.2, -0.15) is 0 Å². The van der Waals surface area contributed by atoms with E-state index in [0.717, 1.165) is 21.3 Å². The largest absolute Gasteiger partial charge is 0.289 e. The fraction of sp³-hybridized carbons (Fsp3) is 0.0667. The molecule has 0 fully saturated rings. The number of aromatic nitrogens is 3. The SMILES string of the molecule is Cc1cc(-n2[nH]c3c(cnc4ccccc43)c2=O)c(Cl)s1. The second kappa shape index (κ2) is 4.44. The monoisotopic (exact) mass is 315 g/mol. The Morgan fingerprint density at radius 3 is 2.86 bits per heavy atom. The lowest BCUT2D eigenvalue weighted by molar-refractivity contribution is 0.868. The van der Waals surface area contributed by atoms with Gasteiger partial charge in [-0.25, -0.2) is 4.68 Å². The molecule has 0 aliphatic carbocycles. The first-order chi connectivity index (χ1) is 10.1. The second-order valence-corrected chi connectivity index (χ2v) is 6.69. The number of benzene rings is 1. The lowest BCUT2D eigenvalue weighted by atomic mass is 10.2. The number of hydrogen-bond acceptors (Lipinski definition) is 3. The second-order valence-electron chi connectivity index (χ2n) is 4.83. The van der Waals surface area contributed by atoms with Gasteiger partial charge in [-0.15, -0.1) is 11.3 Å². The number of H-pyrrole nitrogens is 1. The Hall–Kier alpha value is -2.11. The van der Waals surface area contributed by atoms with Gasteiger partial charge in [0.2, 0.25) is 0 Å². The van der Waals surface area contributed by atoms with Crippen molar-refractivity contribution in [2.75, 3.05) is 0 Å². The third kappa shape index (κ3) is 1.81. The highest BCUT2D eigenvalue weighted by molar-refractivity contribution is 7.16. The van der Waals surface area contributed by atoms with Crippen LogP contribution in [-0.2, 0) is 0 Å². The van der Waals surface area contributed by atoms with Crippen molar-refractivity contribution in [3.05, 3.63) is 56.1 Å². The molecule has 104 valence electrons. The van der Waals surface area contributed by atoms with Crippen LogP contribution in [0.4, 0.5) is 0 Å². The third-order valence-electron chi connectivity index (χ3n) is 3.47. The number of para-hydroxylation sites is 1. The molecule has 4 aromatic rings. The molecule has 0 amide bonds. The molecule has 0 saturated heterocycles. The Bertz CT molecular complexity index is 1040. The van der Waals surface area contributed by atoms with Gasteiger partial charge in [-0.1, -0.05) is 29.8 Å². The third-order valence-corrected chi connectivity index (χ3v) is 4.72. The Morgan fingerprint density at radius 1 is 1.29 bits per heavy atom. The van der Waals surface area contributed by atoms with Crippen LogP contribution in [0.3, 0.4) is 0 Å². The average molecular weight is 316 g/mol. The topological polar surface area (TPSA) is 50.7 Å². The smallest absolute Gasteiger partial charge is 0.280 e. The Balaban J connectivity index is 2.13. The Morgan fingerprint density at radius 2 is 2.10 bits per heavy atom. The van der Waals surface area contributed by atoms with Crippen LogP contribution in [0.1, 0.15) is 4.88 Å². The summed E-state index contributed by atoms with van der Waals surface area (Å²) in [7, 11) is 0. The number of halogens is 1. The van der Waals surface area contributed by atoms with E-state index in [1.54, 1.807) is 6.20 Å². The van der Waals surface area contributed by atoms with Crippen molar-refractivity contribution in [3.8, 4) is 5.69 Å². The molecule has 1 aromatic carbocycles. The highest BCUT2D eigenvalue weighted by atomic mass is 35.5. The summed E-state index contributed by atoms with van der Waals surface area (Å²) in [6.45, 7) is 1.96. The first-order valence-corrected chi connectivity index (χ1v) is 7.59. The van der Waals surface area contributed by atoms with Gasteiger partial charge >= 0.3 is 0 Å². The molecule has 1 N–H and O–H groups in total. The predicted octanol–water partition coefficient (Wildman–Crippen LogP) is 3.89. The summed E-state index contributed by atoms with van der Waals surface area (Å²) in [4.78, 5) is 18.0. The van der Waals surface area contributed by atoms with E-state index < -0.39 is 0 Å². The van der Waals surface area contributed by atoms with Gasteiger partial charge in [0.1, 0.15) is 4.34 Å². The number of pyridine rings is 1. The molecule has 0 spiro atoms. The maximum Gasteiger partial charge on any atom is 0.280 e. The number of nitrogens with zero attached hydrogens (tertiary/aromatic N) is 2. The van der Waals surface area contributed by atoms with Crippen molar-refractivity contribution >= 4 is 44.7 Å². The number of thiophene rings is 1. The molecule has 0 aliphatic rings. The fourth-order valence-corrected chi connectivity index (χ4v) is 3.71. The minimum atomic E-state index is -0.136. The maximum absolute atomic E-state index is 12.6. The van der Waals surface area contributed by atoms with E-state index in [4.69, 9.17) is 11.6 Å². The Kier molecular flexibility index (Phi) is 2.67. The molecule has 0 saturated carbocycles. The lowest BCUT2D eigenvalue weighted by Crippen LogP contribution is -2.13. The predicted molar refractivity (Wildman–Crippen MR) is 86.8 cm³/mol. The van der Waals surface area contributed by atoms with Crippen molar-refractivity contribution < 1.29 is 0 Å². The van der Waals surface area contributed by atoms with Crippen LogP contribution < -0.4 is 5.56 Å². The van der Waals surface area contributed by atoms with Crippen molar-refractivity contribution in [1.82, 2.24) is 14.8 Å². The summed E-state index contributed by atoms with van der Waals surface area (Å²) in [6, 6.07) is 9.63. The summed E-state index contributed by atoms with van der Waals surface area (Å²) in [5.74, 6) is 0. The normalized spacial score (nSPS) is 11.5. The molecule has 3 aromatic heterocycles. The van der Waals surface area contributed by atoms with Crippen LogP contribution in [0.2, 0.25) is 4.34 Å². The first kappa shape index (κ1) is 12.6. The van der Waals surface area contributed by atoms with Gasteiger partial charge in [0.25, 0.3) is 5.56 Å². The van der Waals surface area contributed by atoms with Crippen LogP contribution in [0.15, 0.2) is 41.3 Å². The van der Waals surface area contributed by atoms with Crippen LogP contribution >= 0.6 is 22.9 Å². The molecular weight excluding hydrogens is 306 g/mol. The van der Waals surface area contributed by atoms with Crippen LogP contribution in [0.5, 0.6) is 0 Å². The number of aromatic amines is 1. The lowest BCUT2D eigenvalue weighted by Gasteiger charge is -1.98. The number of hydrogen-bond donors (Lipinski definition) is 1. The standard InChI is InChI=1S/C15H10ClN3OS/c1-8-6-12(14(16)21-8)19-15(20)10-7-17-11-5-3-2-4-9(11)13(10)18-19/h2-7,18H,1H3. The molecule has 0 unspecified atom stereocenters. The minimum Gasteiger partial charge on any atom is -0.289 e. The number of nitrogens with one attached hydrogen (secondary N) is 1. The van der Waals surface area contributed by atoms with Crippen molar-refractivity contribution in [1.29, 1.82) is 0 Å². The van der Waals surface area contributed by atoms with E-state index in [1.807, 2.05) is 37.3 Å². The highest BCUT2D eigenvalue weighted by Crippen LogP contribution is 2.30. The summed E-state index contributed by atoms with van der Waals surface area (Å²) in [5, 5.41) is 4.65. The van der Waals surface area contributed by atoms with Gasteiger partial charge in [-0.05, 0) is 19.1 Å². The minimum absolute atomic E-state index is 0.136. The van der Waals surface area contributed by atoms with E-state index in [-0.39, 0.29) is 5.56 Å². The highest BCUT2D eigenvalue weighted by Gasteiger charge is 2.15. The van der Waals surface area contributed by atoms with Gasteiger partial charge in [-0.3, -0.25) is 14.9 Å². The van der Waals surface area contributed by atoms with E-state index >= 15 is 0 Å². The van der Waals surface area contributed by atoms with E-state index in [0.29, 0.717) is 15.4 Å². The molecule has 0 atom stereocenters. The van der Waals surface area contributed by atoms with Crippen LogP contribution in [-0.4, -0.2) is 14.8 Å². The molecule has 0 radical (unpaired) electrons. The quantitative estimate of drug-likeness (QED) is 0.579. The molecular formula is C15H10ClN3OS. The van der Waals surface area contributed by atoms with Gasteiger partial charge in [0, 0.05) is 16.5 Å². The van der Waals surface area contributed by atoms with E-state index in [1.165, 1.54) is 16.0 Å². The zero-order valence-corrected chi connectivity index (χ0v) is 12.6. The molecule has 0 aliphatic heterocycles. The number of fused-ring (bicyclic) bond motifs is 3. The molecule has 6 heteroatoms. The zero-order valence-electron chi connectivity index (χ0n) is 11.1. The fourth-order valence-electron chi connectivity index (χ4n) is 2.50. The number of aryl methyl sites for hydroxylation is 1. The summed E-state index contributed by atoms with van der Waals surface area (Å²) in [5.41, 5.74) is 2.18. The molecule has 21 heavy (non-hydrogen) atoms. The summed E-state index contributed by atoms with van der Waals surface area (Å²) in [6.07, 6.45) is 1.61. The van der Waals surface area contributed by atoms with Gasteiger partial charge in [0.05, 0.1) is 22.1 Å². The zero-order chi connectivity index (χ0) is 14.6. The first-order valence-electron chi connectivity index (χ1n) is 6.40.